The normalized spacial score (nSPS) is 12.5. The summed E-state index contributed by atoms with van der Waals surface area (Å²) in [7, 11) is -1.16. The Labute approximate surface area is 239 Å². The van der Waals surface area contributed by atoms with Crippen molar-refractivity contribution in [1.29, 1.82) is 0 Å². The van der Waals surface area contributed by atoms with E-state index in [0.717, 1.165) is 35.1 Å². The third kappa shape index (κ3) is 5.90. The van der Waals surface area contributed by atoms with Crippen molar-refractivity contribution in [3.8, 4) is 22.8 Å². The molecule has 0 aliphatic heterocycles. The number of aliphatic hydroxyl groups is 1. The highest BCUT2D eigenvalue weighted by Crippen LogP contribution is 2.36. The molecule has 0 saturated carbocycles. The third-order valence-corrected chi connectivity index (χ3v) is 8.93. The number of aryl methyl sites for hydroxylation is 1. The van der Waals surface area contributed by atoms with Crippen LogP contribution in [0, 0.1) is 6.92 Å². The van der Waals surface area contributed by atoms with Crippen LogP contribution in [0.15, 0.2) is 48.9 Å². The van der Waals surface area contributed by atoms with Crippen LogP contribution in [-0.2, 0) is 17.0 Å². The topological polar surface area (TPSA) is 100 Å². The van der Waals surface area contributed by atoms with E-state index in [9.17, 15) is 5.11 Å². The van der Waals surface area contributed by atoms with Gasteiger partial charge in [-0.05, 0) is 51.1 Å². The van der Waals surface area contributed by atoms with Gasteiger partial charge in [0.15, 0.2) is 0 Å². The molecule has 3 aromatic heterocycles. The summed E-state index contributed by atoms with van der Waals surface area (Å²) >= 11 is 6.81. The molecule has 5 rings (SSSR count). The van der Waals surface area contributed by atoms with Gasteiger partial charge in [0.05, 0.1) is 46.8 Å². The minimum absolute atomic E-state index is 0.0399. The highest BCUT2D eigenvalue weighted by atomic mass is 35.5. The largest absolute Gasteiger partial charge is 0.456 e. The SMILES string of the molecule is Cc1nc2ccc(Oc3ccc4ncc(-c5cnn(C(C)(C)CO)c5)nc4c3Cl)cc2n1COCC[Si](C)(C)C. The molecule has 0 bridgehead atoms. The first-order chi connectivity index (χ1) is 18.9. The van der Waals surface area contributed by atoms with Crippen LogP contribution < -0.4 is 4.74 Å². The Hall–Kier alpha value is -3.31. The van der Waals surface area contributed by atoms with Gasteiger partial charge in [0.1, 0.15) is 34.6 Å². The van der Waals surface area contributed by atoms with E-state index in [0.29, 0.717) is 40.0 Å². The summed E-state index contributed by atoms with van der Waals surface area (Å²) in [6.45, 7) is 14.0. The minimum atomic E-state index is -1.16. The number of ether oxygens (including phenoxy) is 2. The number of rotatable bonds is 10. The fraction of sp³-hybridized carbons (Fsp3) is 0.379. The van der Waals surface area contributed by atoms with Crippen LogP contribution in [0.25, 0.3) is 33.3 Å². The number of hydrogen-bond acceptors (Lipinski definition) is 7. The second-order valence-electron chi connectivity index (χ2n) is 11.8. The lowest BCUT2D eigenvalue weighted by molar-refractivity contribution is 0.0885. The van der Waals surface area contributed by atoms with E-state index < -0.39 is 13.6 Å². The lowest BCUT2D eigenvalue weighted by atomic mass is 10.1. The summed E-state index contributed by atoms with van der Waals surface area (Å²) in [5, 5.41) is 14.4. The fourth-order valence-electron chi connectivity index (χ4n) is 4.21. The van der Waals surface area contributed by atoms with E-state index in [1.54, 1.807) is 23.1 Å². The summed E-state index contributed by atoms with van der Waals surface area (Å²) in [5.41, 5.74) is 3.87. The number of fused-ring (bicyclic) bond motifs is 2. The molecule has 40 heavy (non-hydrogen) atoms. The quantitative estimate of drug-likeness (QED) is 0.146. The monoisotopic (exact) mass is 578 g/mol. The summed E-state index contributed by atoms with van der Waals surface area (Å²) in [6, 6.07) is 10.5. The first-order valence-electron chi connectivity index (χ1n) is 13.3. The number of nitrogens with zero attached hydrogens (tertiary/aromatic N) is 6. The van der Waals surface area contributed by atoms with Gasteiger partial charge in [0, 0.05) is 32.5 Å². The molecule has 0 saturated heterocycles. The first-order valence-corrected chi connectivity index (χ1v) is 17.4. The van der Waals surface area contributed by atoms with Crippen molar-refractivity contribution in [2.75, 3.05) is 13.2 Å². The van der Waals surface area contributed by atoms with Gasteiger partial charge in [-0.25, -0.2) is 9.97 Å². The van der Waals surface area contributed by atoms with Crippen LogP contribution in [-0.4, -0.2) is 55.7 Å². The molecular weight excluding hydrogens is 544 g/mol. The molecule has 0 aliphatic carbocycles. The van der Waals surface area contributed by atoms with Crippen LogP contribution in [0.5, 0.6) is 11.5 Å². The second kappa shape index (κ2) is 10.9. The van der Waals surface area contributed by atoms with Crippen molar-refractivity contribution < 1.29 is 14.6 Å². The Morgan fingerprint density at radius 3 is 2.58 bits per heavy atom. The molecule has 2 aromatic carbocycles. The summed E-state index contributed by atoms with van der Waals surface area (Å²) < 4.78 is 16.0. The zero-order chi connectivity index (χ0) is 28.7. The molecule has 3 heterocycles. The standard InChI is InChI=1S/C29H35ClN6O3Si/c1-19-33-22-8-7-21(13-25(22)35(19)18-38-11-12-40(4,5)6)39-26-10-9-23-28(27(26)30)34-24(15-31-23)20-14-32-36(16-20)29(2,3)17-37/h7-10,13-16,37H,11-12,17-18H2,1-6H3. The molecule has 0 aliphatic rings. The van der Waals surface area contributed by atoms with Gasteiger partial charge < -0.3 is 19.1 Å². The maximum absolute atomic E-state index is 9.68. The number of aromatic nitrogens is 6. The zero-order valence-electron chi connectivity index (χ0n) is 23.8. The predicted octanol–water partition coefficient (Wildman–Crippen LogP) is 6.64. The molecule has 0 spiro atoms. The second-order valence-corrected chi connectivity index (χ2v) is 17.8. The Kier molecular flexibility index (Phi) is 7.71. The molecule has 0 amide bonds. The smallest absolute Gasteiger partial charge is 0.148 e. The van der Waals surface area contributed by atoms with Gasteiger partial charge in [0.2, 0.25) is 0 Å². The van der Waals surface area contributed by atoms with Crippen molar-refractivity contribution in [2.45, 2.75) is 58.7 Å². The predicted molar refractivity (Wildman–Crippen MR) is 161 cm³/mol. The van der Waals surface area contributed by atoms with Crippen molar-refractivity contribution >= 4 is 41.7 Å². The Morgan fingerprint density at radius 2 is 1.82 bits per heavy atom. The van der Waals surface area contributed by atoms with Crippen molar-refractivity contribution in [3.63, 3.8) is 0 Å². The molecule has 9 nitrogen and oxygen atoms in total. The van der Waals surface area contributed by atoms with Crippen molar-refractivity contribution in [3.05, 3.63) is 59.8 Å². The summed E-state index contributed by atoms with van der Waals surface area (Å²) in [5.74, 6) is 2.00. The van der Waals surface area contributed by atoms with E-state index in [4.69, 9.17) is 26.1 Å². The Balaban J connectivity index is 1.41. The highest BCUT2D eigenvalue weighted by Gasteiger charge is 2.21. The molecular formula is C29H35ClN6O3Si. The minimum Gasteiger partial charge on any atom is -0.456 e. The van der Waals surface area contributed by atoms with E-state index in [2.05, 4.69) is 39.3 Å². The lowest BCUT2D eigenvalue weighted by Crippen LogP contribution is -2.30. The third-order valence-electron chi connectivity index (χ3n) is 6.86. The number of imidazole rings is 1. The van der Waals surface area contributed by atoms with Crippen LogP contribution in [0.1, 0.15) is 19.7 Å². The molecule has 210 valence electrons. The van der Waals surface area contributed by atoms with Crippen LogP contribution in [0.3, 0.4) is 0 Å². The van der Waals surface area contributed by atoms with Crippen LogP contribution >= 0.6 is 11.6 Å². The van der Waals surface area contributed by atoms with Gasteiger partial charge in [-0.2, -0.15) is 5.10 Å². The highest BCUT2D eigenvalue weighted by molar-refractivity contribution is 6.76. The van der Waals surface area contributed by atoms with Gasteiger partial charge in [-0.1, -0.05) is 31.2 Å². The number of aliphatic hydroxyl groups excluding tert-OH is 1. The molecule has 1 N–H and O–H groups in total. The first kappa shape index (κ1) is 28.2. The number of benzene rings is 2. The lowest BCUT2D eigenvalue weighted by Gasteiger charge is -2.22. The zero-order valence-corrected chi connectivity index (χ0v) is 25.5. The molecule has 0 atom stereocenters. The van der Waals surface area contributed by atoms with Gasteiger partial charge >= 0.3 is 0 Å². The molecule has 11 heteroatoms. The Morgan fingerprint density at radius 1 is 1.05 bits per heavy atom. The van der Waals surface area contributed by atoms with Crippen LogP contribution in [0.2, 0.25) is 30.7 Å². The fourth-order valence-corrected chi connectivity index (χ4v) is 5.21. The van der Waals surface area contributed by atoms with Crippen LogP contribution in [0.4, 0.5) is 0 Å². The molecule has 0 radical (unpaired) electrons. The maximum Gasteiger partial charge on any atom is 0.148 e. The van der Waals surface area contributed by atoms with Gasteiger partial charge in [-0.3, -0.25) is 9.67 Å². The average Bonchev–Trinajstić information content (AvgIpc) is 3.53. The number of hydrogen-bond donors (Lipinski definition) is 1. The maximum atomic E-state index is 9.68. The molecule has 0 unspecified atom stereocenters. The summed E-state index contributed by atoms with van der Waals surface area (Å²) in [6.07, 6.45) is 5.24. The van der Waals surface area contributed by atoms with E-state index in [1.807, 2.05) is 51.2 Å². The van der Waals surface area contributed by atoms with E-state index in [-0.39, 0.29) is 6.61 Å². The molecule has 5 aromatic rings. The van der Waals surface area contributed by atoms with Crippen molar-refractivity contribution in [2.24, 2.45) is 0 Å². The van der Waals surface area contributed by atoms with Crippen molar-refractivity contribution in [1.82, 2.24) is 29.3 Å². The van der Waals surface area contributed by atoms with Gasteiger partial charge in [-0.15, -0.1) is 0 Å². The summed E-state index contributed by atoms with van der Waals surface area (Å²) in [4.78, 5) is 14.0. The van der Waals surface area contributed by atoms with E-state index in [1.165, 1.54) is 0 Å². The Bertz CT molecular complexity index is 1670. The average molecular weight is 579 g/mol. The van der Waals surface area contributed by atoms with Gasteiger partial charge in [0.25, 0.3) is 0 Å². The van der Waals surface area contributed by atoms with E-state index >= 15 is 0 Å². The molecule has 0 fully saturated rings. The number of halogens is 1.